The molecule has 17 heavy (non-hydrogen) atoms. The summed E-state index contributed by atoms with van der Waals surface area (Å²) in [4.78, 5) is 0. The summed E-state index contributed by atoms with van der Waals surface area (Å²) in [5, 5.41) is 16.9. The Balaban J connectivity index is 2.59. The number of nitrogens with zero attached hydrogens (tertiary/aromatic N) is 3. The zero-order chi connectivity index (χ0) is 12.4. The molecule has 1 aromatic carbocycles. The third-order valence-corrected chi connectivity index (χ3v) is 2.65. The van der Waals surface area contributed by atoms with Gasteiger partial charge in [0.15, 0.2) is 11.6 Å². The van der Waals surface area contributed by atoms with E-state index in [-0.39, 0.29) is 12.4 Å². The molecule has 0 unspecified atom stereocenters. The Hall–Kier alpha value is -1.75. The molecule has 90 valence electrons. The molecule has 0 aliphatic heterocycles. The summed E-state index contributed by atoms with van der Waals surface area (Å²) < 4.78 is 15.4. The molecule has 0 saturated heterocycles. The van der Waals surface area contributed by atoms with Crippen molar-refractivity contribution in [3.8, 4) is 11.4 Å². The molecule has 0 saturated carbocycles. The predicted octanol–water partition coefficient (Wildman–Crippen LogP) is 1.90. The summed E-state index contributed by atoms with van der Waals surface area (Å²) in [5.41, 5.74) is 1.37. The van der Waals surface area contributed by atoms with Crippen LogP contribution in [0.4, 0.5) is 4.39 Å². The minimum absolute atomic E-state index is 0.200. The van der Waals surface area contributed by atoms with Crippen LogP contribution in [0.15, 0.2) is 18.2 Å². The van der Waals surface area contributed by atoms with Gasteiger partial charge in [-0.25, -0.2) is 4.39 Å². The highest BCUT2D eigenvalue weighted by molar-refractivity contribution is 5.57. The third-order valence-electron chi connectivity index (χ3n) is 2.65. The van der Waals surface area contributed by atoms with Gasteiger partial charge in [-0.05, 0) is 26.0 Å². The third kappa shape index (κ3) is 2.06. The maximum Gasteiger partial charge on any atom is 0.166 e. The summed E-state index contributed by atoms with van der Waals surface area (Å²) >= 11 is 0. The Morgan fingerprint density at radius 3 is 2.76 bits per heavy atom. The van der Waals surface area contributed by atoms with Crippen molar-refractivity contribution >= 4 is 0 Å². The fourth-order valence-corrected chi connectivity index (χ4v) is 1.79. The first kappa shape index (κ1) is 11.7. The number of hydrogen-bond donors (Lipinski definition) is 1. The number of benzene rings is 1. The van der Waals surface area contributed by atoms with Gasteiger partial charge in [-0.2, -0.15) is 0 Å². The molecule has 1 aromatic heterocycles. The van der Waals surface area contributed by atoms with Gasteiger partial charge in [0, 0.05) is 6.54 Å². The topological polar surface area (TPSA) is 50.9 Å². The van der Waals surface area contributed by atoms with Crippen LogP contribution in [0, 0.1) is 12.7 Å². The van der Waals surface area contributed by atoms with Crippen LogP contribution < -0.4 is 0 Å². The molecular weight excluding hydrogens is 221 g/mol. The van der Waals surface area contributed by atoms with Gasteiger partial charge in [0.25, 0.3) is 0 Å². The number of aliphatic hydroxyl groups is 1. The Bertz CT molecular complexity index is 537. The second-order valence-corrected chi connectivity index (χ2v) is 3.83. The number of aryl methyl sites for hydroxylation is 1. The molecule has 0 atom stereocenters. The summed E-state index contributed by atoms with van der Waals surface area (Å²) in [6.07, 6.45) is 0. The molecule has 0 bridgehead atoms. The quantitative estimate of drug-likeness (QED) is 0.884. The maximum absolute atomic E-state index is 13.7. The molecule has 1 heterocycles. The molecule has 0 spiro atoms. The Labute approximate surface area is 98.7 Å². The van der Waals surface area contributed by atoms with Crippen molar-refractivity contribution in [1.29, 1.82) is 0 Å². The van der Waals surface area contributed by atoms with E-state index in [0.717, 1.165) is 5.56 Å². The van der Waals surface area contributed by atoms with Gasteiger partial charge in [-0.15, -0.1) is 10.2 Å². The van der Waals surface area contributed by atoms with Crippen LogP contribution in [0.1, 0.15) is 18.3 Å². The lowest BCUT2D eigenvalue weighted by atomic mass is 10.1. The molecule has 2 rings (SSSR count). The zero-order valence-corrected chi connectivity index (χ0v) is 9.81. The minimum Gasteiger partial charge on any atom is -0.388 e. The molecular formula is C12H14FN3O. The van der Waals surface area contributed by atoms with Crippen LogP contribution >= 0.6 is 0 Å². The summed E-state index contributed by atoms with van der Waals surface area (Å²) in [6.45, 7) is 4.18. The first-order valence-corrected chi connectivity index (χ1v) is 5.46. The van der Waals surface area contributed by atoms with Crippen LogP contribution in [0.3, 0.4) is 0 Å². The molecule has 0 radical (unpaired) electrons. The molecule has 0 fully saturated rings. The number of aromatic nitrogens is 3. The van der Waals surface area contributed by atoms with Gasteiger partial charge in [0.1, 0.15) is 12.4 Å². The highest BCUT2D eigenvalue weighted by Gasteiger charge is 2.15. The monoisotopic (exact) mass is 235 g/mol. The van der Waals surface area contributed by atoms with Crippen LogP contribution in [0.25, 0.3) is 11.4 Å². The summed E-state index contributed by atoms with van der Waals surface area (Å²) in [6, 6.07) is 4.85. The van der Waals surface area contributed by atoms with Crippen LogP contribution in [0.5, 0.6) is 0 Å². The van der Waals surface area contributed by atoms with E-state index in [2.05, 4.69) is 10.2 Å². The van der Waals surface area contributed by atoms with Gasteiger partial charge in [-0.3, -0.25) is 0 Å². The van der Waals surface area contributed by atoms with Crippen molar-refractivity contribution in [2.45, 2.75) is 27.0 Å². The van der Waals surface area contributed by atoms with Crippen molar-refractivity contribution in [2.75, 3.05) is 0 Å². The zero-order valence-electron chi connectivity index (χ0n) is 9.81. The fourth-order valence-electron chi connectivity index (χ4n) is 1.79. The van der Waals surface area contributed by atoms with E-state index in [1.807, 2.05) is 13.8 Å². The van der Waals surface area contributed by atoms with Crippen molar-refractivity contribution in [1.82, 2.24) is 14.8 Å². The van der Waals surface area contributed by atoms with E-state index in [9.17, 15) is 4.39 Å². The number of hydrogen-bond acceptors (Lipinski definition) is 3. The highest BCUT2D eigenvalue weighted by Crippen LogP contribution is 2.23. The fraction of sp³-hybridized carbons (Fsp3) is 0.333. The van der Waals surface area contributed by atoms with Crippen molar-refractivity contribution in [3.05, 3.63) is 35.4 Å². The number of aliphatic hydroxyl groups excluding tert-OH is 1. The van der Waals surface area contributed by atoms with Gasteiger partial charge in [-0.1, -0.05) is 11.6 Å². The smallest absolute Gasteiger partial charge is 0.166 e. The van der Waals surface area contributed by atoms with Crippen LogP contribution in [-0.2, 0) is 13.2 Å². The molecule has 0 aliphatic carbocycles. The highest BCUT2D eigenvalue weighted by atomic mass is 19.1. The van der Waals surface area contributed by atoms with E-state index < -0.39 is 0 Å². The largest absolute Gasteiger partial charge is 0.388 e. The lowest BCUT2D eigenvalue weighted by Crippen LogP contribution is -2.04. The van der Waals surface area contributed by atoms with E-state index in [0.29, 0.717) is 23.8 Å². The van der Waals surface area contributed by atoms with Crippen molar-refractivity contribution < 1.29 is 9.50 Å². The second kappa shape index (κ2) is 4.63. The number of halogens is 1. The van der Waals surface area contributed by atoms with E-state index in [1.165, 1.54) is 6.07 Å². The van der Waals surface area contributed by atoms with E-state index in [4.69, 9.17) is 5.11 Å². The maximum atomic E-state index is 13.7. The average Bonchev–Trinajstić information content (AvgIpc) is 2.74. The van der Waals surface area contributed by atoms with Gasteiger partial charge in [0.05, 0.1) is 5.56 Å². The lowest BCUT2D eigenvalue weighted by molar-refractivity contribution is 0.265. The predicted molar refractivity (Wildman–Crippen MR) is 61.7 cm³/mol. The van der Waals surface area contributed by atoms with Gasteiger partial charge < -0.3 is 9.67 Å². The first-order valence-electron chi connectivity index (χ1n) is 5.46. The van der Waals surface area contributed by atoms with Gasteiger partial charge in [0.2, 0.25) is 0 Å². The second-order valence-electron chi connectivity index (χ2n) is 3.83. The lowest BCUT2D eigenvalue weighted by Gasteiger charge is -2.07. The summed E-state index contributed by atoms with van der Waals surface area (Å²) in [7, 11) is 0. The number of rotatable bonds is 3. The molecule has 1 N–H and O–H groups in total. The van der Waals surface area contributed by atoms with Gasteiger partial charge >= 0.3 is 0 Å². The minimum atomic E-state index is -0.331. The Morgan fingerprint density at radius 1 is 1.35 bits per heavy atom. The first-order chi connectivity index (χ1) is 8.17. The van der Waals surface area contributed by atoms with Crippen LogP contribution in [-0.4, -0.2) is 19.9 Å². The van der Waals surface area contributed by atoms with E-state index in [1.54, 1.807) is 16.7 Å². The van der Waals surface area contributed by atoms with Crippen LogP contribution in [0.2, 0.25) is 0 Å². The molecule has 2 aromatic rings. The summed E-state index contributed by atoms with van der Waals surface area (Å²) in [5.74, 6) is 0.573. The molecule has 0 aliphatic rings. The normalized spacial score (nSPS) is 10.8. The van der Waals surface area contributed by atoms with Crippen molar-refractivity contribution in [2.24, 2.45) is 0 Å². The average molecular weight is 235 g/mol. The molecule has 5 heteroatoms. The standard InChI is InChI=1S/C12H14FN3O/c1-3-16-11(7-17)14-15-12(16)9-6-8(2)4-5-10(9)13/h4-6,17H,3,7H2,1-2H3. The Morgan fingerprint density at radius 2 is 2.12 bits per heavy atom. The van der Waals surface area contributed by atoms with Crippen molar-refractivity contribution in [3.63, 3.8) is 0 Å². The Kier molecular flexibility index (Phi) is 3.19. The molecule has 0 amide bonds. The molecule has 4 nitrogen and oxygen atoms in total. The van der Waals surface area contributed by atoms with E-state index >= 15 is 0 Å². The SMILES string of the molecule is CCn1c(CO)nnc1-c1cc(C)ccc1F.